The van der Waals surface area contributed by atoms with Gasteiger partial charge >= 0.3 is 0 Å². The Bertz CT molecular complexity index is 978. The lowest BCUT2D eigenvalue weighted by Gasteiger charge is -2.06. The summed E-state index contributed by atoms with van der Waals surface area (Å²) in [4.78, 5) is 12.0. The minimum absolute atomic E-state index is 0.0476. The molecule has 4 aromatic rings. The SMILES string of the molecule is OCc1ccc(-c2cc3c(NCc4ccccc4)ncnc3[nH]2)cc1. The van der Waals surface area contributed by atoms with Gasteiger partial charge in [-0.1, -0.05) is 54.6 Å². The molecule has 0 spiro atoms. The maximum absolute atomic E-state index is 9.17. The Morgan fingerprint density at radius 1 is 0.920 bits per heavy atom. The average molecular weight is 330 g/mol. The van der Waals surface area contributed by atoms with Gasteiger partial charge in [-0.3, -0.25) is 0 Å². The fourth-order valence-corrected chi connectivity index (χ4v) is 2.81. The van der Waals surface area contributed by atoms with E-state index in [0.29, 0.717) is 6.54 Å². The van der Waals surface area contributed by atoms with E-state index in [1.54, 1.807) is 6.33 Å². The fraction of sp³-hybridized carbons (Fsp3) is 0.100. The molecule has 124 valence electrons. The van der Waals surface area contributed by atoms with Gasteiger partial charge in [0.2, 0.25) is 0 Å². The number of aromatic amines is 1. The zero-order valence-electron chi connectivity index (χ0n) is 13.6. The van der Waals surface area contributed by atoms with Crippen LogP contribution < -0.4 is 5.32 Å². The second-order valence-electron chi connectivity index (χ2n) is 5.86. The third-order valence-corrected chi connectivity index (χ3v) is 4.18. The molecule has 5 heteroatoms. The van der Waals surface area contributed by atoms with Gasteiger partial charge in [0.1, 0.15) is 17.8 Å². The molecule has 0 fully saturated rings. The molecule has 0 amide bonds. The molecule has 4 rings (SSSR count). The van der Waals surface area contributed by atoms with Crippen molar-refractivity contribution in [3.05, 3.63) is 78.1 Å². The molecule has 0 bridgehead atoms. The minimum atomic E-state index is 0.0476. The summed E-state index contributed by atoms with van der Waals surface area (Å²) in [6.07, 6.45) is 1.56. The lowest BCUT2D eigenvalue weighted by atomic mass is 10.1. The van der Waals surface area contributed by atoms with Gasteiger partial charge in [0, 0.05) is 12.2 Å². The van der Waals surface area contributed by atoms with Crippen LogP contribution in [0.1, 0.15) is 11.1 Å². The third-order valence-electron chi connectivity index (χ3n) is 4.18. The highest BCUT2D eigenvalue weighted by Gasteiger charge is 2.09. The van der Waals surface area contributed by atoms with Crippen molar-refractivity contribution in [2.45, 2.75) is 13.2 Å². The first-order chi connectivity index (χ1) is 12.3. The minimum Gasteiger partial charge on any atom is -0.392 e. The van der Waals surface area contributed by atoms with Crippen LogP contribution in [0, 0.1) is 0 Å². The summed E-state index contributed by atoms with van der Waals surface area (Å²) in [7, 11) is 0. The number of hydrogen-bond donors (Lipinski definition) is 3. The summed E-state index contributed by atoms with van der Waals surface area (Å²) >= 11 is 0. The monoisotopic (exact) mass is 330 g/mol. The van der Waals surface area contributed by atoms with Gasteiger partial charge < -0.3 is 15.4 Å². The van der Waals surface area contributed by atoms with E-state index in [0.717, 1.165) is 33.7 Å². The molecular formula is C20H18N4O. The van der Waals surface area contributed by atoms with Crippen molar-refractivity contribution >= 4 is 16.9 Å². The number of hydrogen-bond acceptors (Lipinski definition) is 4. The quantitative estimate of drug-likeness (QED) is 0.521. The largest absolute Gasteiger partial charge is 0.392 e. The van der Waals surface area contributed by atoms with E-state index in [-0.39, 0.29) is 6.61 Å². The number of nitrogens with zero attached hydrogens (tertiary/aromatic N) is 2. The molecule has 2 aromatic heterocycles. The molecule has 0 aliphatic heterocycles. The molecule has 5 nitrogen and oxygen atoms in total. The standard InChI is InChI=1S/C20H18N4O/c25-12-15-6-8-16(9-7-15)18-10-17-19(22-13-23-20(17)24-18)21-11-14-4-2-1-3-5-14/h1-10,13,25H,11-12H2,(H2,21,22,23,24). The van der Waals surface area contributed by atoms with Gasteiger partial charge in [0.05, 0.1) is 12.0 Å². The van der Waals surface area contributed by atoms with Crippen molar-refractivity contribution in [2.75, 3.05) is 5.32 Å². The molecule has 0 saturated carbocycles. The van der Waals surface area contributed by atoms with Crippen LogP contribution in [0.3, 0.4) is 0 Å². The summed E-state index contributed by atoms with van der Waals surface area (Å²) in [5.74, 6) is 0.809. The summed E-state index contributed by atoms with van der Waals surface area (Å²) in [5, 5.41) is 13.5. The number of fused-ring (bicyclic) bond motifs is 1. The Balaban J connectivity index is 1.63. The van der Waals surface area contributed by atoms with Gasteiger partial charge in [-0.15, -0.1) is 0 Å². The van der Waals surface area contributed by atoms with Gasteiger partial charge in [-0.25, -0.2) is 9.97 Å². The Labute approximate surface area is 145 Å². The lowest BCUT2D eigenvalue weighted by molar-refractivity contribution is 0.282. The van der Waals surface area contributed by atoms with Crippen molar-refractivity contribution in [1.82, 2.24) is 15.0 Å². The van der Waals surface area contributed by atoms with Crippen LogP contribution in [0.2, 0.25) is 0 Å². The molecule has 0 radical (unpaired) electrons. The maximum Gasteiger partial charge on any atom is 0.143 e. The van der Waals surface area contributed by atoms with Gasteiger partial charge in [0.15, 0.2) is 0 Å². The number of benzene rings is 2. The van der Waals surface area contributed by atoms with Crippen LogP contribution in [0.25, 0.3) is 22.3 Å². The van der Waals surface area contributed by atoms with Crippen molar-refractivity contribution in [3.8, 4) is 11.3 Å². The van der Waals surface area contributed by atoms with Crippen LogP contribution in [-0.4, -0.2) is 20.1 Å². The Morgan fingerprint density at radius 3 is 2.48 bits per heavy atom. The van der Waals surface area contributed by atoms with Crippen LogP contribution in [-0.2, 0) is 13.2 Å². The topological polar surface area (TPSA) is 73.8 Å². The second kappa shape index (κ2) is 6.75. The first-order valence-electron chi connectivity index (χ1n) is 8.15. The van der Waals surface area contributed by atoms with Crippen LogP contribution in [0.4, 0.5) is 5.82 Å². The molecule has 2 aromatic carbocycles. The molecule has 0 atom stereocenters. The highest BCUT2D eigenvalue weighted by Crippen LogP contribution is 2.27. The Morgan fingerprint density at radius 2 is 1.72 bits per heavy atom. The summed E-state index contributed by atoms with van der Waals surface area (Å²) < 4.78 is 0. The number of aliphatic hydroxyl groups is 1. The average Bonchev–Trinajstić information content (AvgIpc) is 3.12. The summed E-state index contributed by atoms with van der Waals surface area (Å²) in [6.45, 7) is 0.755. The van der Waals surface area contributed by atoms with Crippen LogP contribution >= 0.6 is 0 Å². The molecule has 0 aliphatic rings. The van der Waals surface area contributed by atoms with Crippen molar-refractivity contribution in [1.29, 1.82) is 0 Å². The first kappa shape index (κ1) is 15.4. The number of aliphatic hydroxyl groups excluding tert-OH is 1. The van der Waals surface area contributed by atoms with Crippen molar-refractivity contribution in [2.24, 2.45) is 0 Å². The molecular weight excluding hydrogens is 312 g/mol. The van der Waals surface area contributed by atoms with Gasteiger partial charge in [-0.2, -0.15) is 0 Å². The normalized spacial score (nSPS) is 10.9. The molecule has 0 aliphatic carbocycles. The van der Waals surface area contributed by atoms with Gasteiger partial charge in [0.25, 0.3) is 0 Å². The zero-order valence-corrected chi connectivity index (χ0v) is 13.6. The number of nitrogens with one attached hydrogen (secondary N) is 2. The lowest BCUT2D eigenvalue weighted by Crippen LogP contribution is -2.01. The molecule has 2 heterocycles. The van der Waals surface area contributed by atoms with Crippen molar-refractivity contribution < 1.29 is 5.11 Å². The number of anilines is 1. The van der Waals surface area contributed by atoms with E-state index in [2.05, 4.69) is 38.5 Å². The van der Waals surface area contributed by atoms with E-state index in [1.807, 2.05) is 42.5 Å². The van der Waals surface area contributed by atoms with E-state index in [1.165, 1.54) is 5.56 Å². The van der Waals surface area contributed by atoms with E-state index >= 15 is 0 Å². The predicted molar refractivity (Wildman–Crippen MR) is 99.0 cm³/mol. The second-order valence-corrected chi connectivity index (χ2v) is 5.86. The Hall–Kier alpha value is -3.18. The molecule has 0 saturated heterocycles. The predicted octanol–water partition coefficient (Wildman–Crippen LogP) is 3.73. The summed E-state index contributed by atoms with van der Waals surface area (Å²) in [5.41, 5.74) is 4.91. The Kier molecular flexibility index (Phi) is 4.14. The zero-order chi connectivity index (χ0) is 17.1. The smallest absolute Gasteiger partial charge is 0.143 e. The third kappa shape index (κ3) is 3.22. The fourth-order valence-electron chi connectivity index (χ4n) is 2.81. The summed E-state index contributed by atoms with van der Waals surface area (Å²) in [6, 6.07) is 20.1. The number of aromatic nitrogens is 3. The van der Waals surface area contributed by atoms with Crippen LogP contribution in [0.15, 0.2) is 67.0 Å². The van der Waals surface area contributed by atoms with E-state index in [4.69, 9.17) is 5.11 Å². The van der Waals surface area contributed by atoms with Gasteiger partial charge in [-0.05, 0) is 22.8 Å². The number of rotatable bonds is 5. The molecule has 0 unspecified atom stereocenters. The van der Waals surface area contributed by atoms with Crippen LogP contribution in [0.5, 0.6) is 0 Å². The number of H-pyrrole nitrogens is 1. The van der Waals surface area contributed by atoms with Crippen molar-refractivity contribution in [3.63, 3.8) is 0 Å². The molecule has 3 N–H and O–H groups in total. The molecule has 25 heavy (non-hydrogen) atoms. The first-order valence-corrected chi connectivity index (χ1v) is 8.15. The van der Waals surface area contributed by atoms with E-state index < -0.39 is 0 Å². The van der Waals surface area contributed by atoms with E-state index in [9.17, 15) is 0 Å². The highest BCUT2D eigenvalue weighted by molar-refractivity contribution is 5.91. The maximum atomic E-state index is 9.17. The highest BCUT2D eigenvalue weighted by atomic mass is 16.3.